The Morgan fingerprint density at radius 3 is 2.25 bits per heavy atom. The number of aryl methyl sites for hydroxylation is 1. The highest BCUT2D eigenvalue weighted by Crippen LogP contribution is 2.26. The fraction of sp³-hybridized carbons (Fsp3) is 0.579. The molecule has 0 aliphatic heterocycles. The highest BCUT2D eigenvalue weighted by molar-refractivity contribution is 5.98. The molecule has 0 saturated heterocycles. The SMILES string of the molecule is CCN(CC)c1ccc(N(CC(=O)NCC(C)C)C(C)=O)c(C)c1. The average Bonchev–Trinajstić information content (AvgIpc) is 2.52. The van der Waals surface area contributed by atoms with Crippen LogP contribution in [0.4, 0.5) is 11.4 Å². The van der Waals surface area contributed by atoms with Gasteiger partial charge in [0.1, 0.15) is 6.54 Å². The summed E-state index contributed by atoms with van der Waals surface area (Å²) in [6.45, 7) is 14.3. The second kappa shape index (κ2) is 9.30. The highest BCUT2D eigenvalue weighted by atomic mass is 16.2. The van der Waals surface area contributed by atoms with Crippen molar-refractivity contribution in [3.63, 3.8) is 0 Å². The zero-order chi connectivity index (χ0) is 18.3. The molecule has 1 aromatic rings. The van der Waals surface area contributed by atoms with E-state index in [-0.39, 0.29) is 18.4 Å². The van der Waals surface area contributed by atoms with Crippen LogP contribution in [0, 0.1) is 12.8 Å². The smallest absolute Gasteiger partial charge is 0.240 e. The van der Waals surface area contributed by atoms with Gasteiger partial charge in [-0.3, -0.25) is 9.59 Å². The monoisotopic (exact) mass is 333 g/mol. The molecule has 0 aliphatic rings. The molecule has 0 bridgehead atoms. The third kappa shape index (κ3) is 5.55. The first-order valence-corrected chi connectivity index (χ1v) is 8.70. The first kappa shape index (κ1) is 20.0. The third-order valence-electron chi connectivity index (χ3n) is 3.99. The molecule has 5 nitrogen and oxygen atoms in total. The van der Waals surface area contributed by atoms with Crippen molar-refractivity contribution in [3.05, 3.63) is 23.8 Å². The van der Waals surface area contributed by atoms with E-state index in [2.05, 4.69) is 30.1 Å². The number of amides is 2. The minimum absolute atomic E-state index is 0.0491. The summed E-state index contributed by atoms with van der Waals surface area (Å²) >= 11 is 0. The maximum atomic E-state index is 12.1. The lowest BCUT2D eigenvalue weighted by molar-refractivity contribution is -0.123. The van der Waals surface area contributed by atoms with Gasteiger partial charge in [0.05, 0.1) is 0 Å². The minimum Gasteiger partial charge on any atom is -0.372 e. The van der Waals surface area contributed by atoms with Crippen molar-refractivity contribution in [1.29, 1.82) is 0 Å². The van der Waals surface area contributed by atoms with E-state index in [1.807, 2.05) is 32.9 Å². The number of rotatable bonds is 8. The number of nitrogens with zero attached hydrogens (tertiary/aromatic N) is 2. The van der Waals surface area contributed by atoms with Crippen molar-refractivity contribution >= 4 is 23.2 Å². The predicted octanol–water partition coefficient (Wildman–Crippen LogP) is 2.97. The van der Waals surface area contributed by atoms with Crippen molar-refractivity contribution < 1.29 is 9.59 Å². The van der Waals surface area contributed by atoms with Gasteiger partial charge in [-0.15, -0.1) is 0 Å². The van der Waals surface area contributed by atoms with Crippen LogP contribution < -0.4 is 15.1 Å². The molecule has 0 heterocycles. The van der Waals surface area contributed by atoms with Crippen LogP contribution in [0.15, 0.2) is 18.2 Å². The molecule has 0 fully saturated rings. The zero-order valence-corrected chi connectivity index (χ0v) is 15.8. The van der Waals surface area contributed by atoms with Gasteiger partial charge in [-0.05, 0) is 50.5 Å². The van der Waals surface area contributed by atoms with Crippen LogP contribution in [0.5, 0.6) is 0 Å². The van der Waals surface area contributed by atoms with Crippen molar-refractivity contribution in [1.82, 2.24) is 5.32 Å². The normalized spacial score (nSPS) is 10.6. The molecule has 0 atom stereocenters. The van der Waals surface area contributed by atoms with E-state index >= 15 is 0 Å². The summed E-state index contributed by atoms with van der Waals surface area (Å²) in [4.78, 5) is 27.9. The number of benzene rings is 1. The minimum atomic E-state index is -0.133. The van der Waals surface area contributed by atoms with E-state index in [9.17, 15) is 9.59 Å². The molecule has 1 N–H and O–H groups in total. The van der Waals surface area contributed by atoms with Crippen molar-refractivity contribution in [2.24, 2.45) is 5.92 Å². The van der Waals surface area contributed by atoms with Gasteiger partial charge in [-0.2, -0.15) is 0 Å². The number of anilines is 2. The zero-order valence-electron chi connectivity index (χ0n) is 15.8. The standard InChI is InChI=1S/C19H31N3O2/c1-7-21(8-2)17-9-10-18(15(5)11-17)22(16(6)23)13-19(24)20-12-14(3)4/h9-11,14H,7-8,12-13H2,1-6H3,(H,20,24). The van der Waals surface area contributed by atoms with E-state index in [1.54, 1.807) is 0 Å². The Morgan fingerprint density at radius 2 is 1.79 bits per heavy atom. The van der Waals surface area contributed by atoms with Crippen molar-refractivity contribution in [2.75, 3.05) is 36.0 Å². The first-order valence-electron chi connectivity index (χ1n) is 8.70. The largest absolute Gasteiger partial charge is 0.372 e. The van der Waals surface area contributed by atoms with Gasteiger partial charge in [-0.25, -0.2) is 0 Å². The molecule has 0 aromatic heterocycles. The fourth-order valence-electron chi connectivity index (χ4n) is 2.61. The lowest BCUT2D eigenvalue weighted by Gasteiger charge is -2.26. The van der Waals surface area contributed by atoms with Gasteiger partial charge in [0, 0.05) is 37.9 Å². The lowest BCUT2D eigenvalue weighted by atomic mass is 10.1. The summed E-state index contributed by atoms with van der Waals surface area (Å²) in [7, 11) is 0. The first-order chi connectivity index (χ1) is 11.3. The number of carbonyl (C=O) groups is 2. The van der Waals surface area contributed by atoms with E-state index in [0.717, 1.165) is 30.0 Å². The van der Waals surface area contributed by atoms with Crippen molar-refractivity contribution in [2.45, 2.75) is 41.5 Å². The summed E-state index contributed by atoms with van der Waals surface area (Å²) in [5.41, 5.74) is 2.92. The van der Waals surface area contributed by atoms with E-state index < -0.39 is 0 Å². The predicted molar refractivity (Wildman–Crippen MR) is 101 cm³/mol. The third-order valence-corrected chi connectivity index (χ3v) is 3.99. The highest BCUT2D eigenvalue weighted by Gasteiger charge is 2.18. The van der Waals surface area contributed by atoms with Crippen LogP contribution >= 0.6 is 0 Å². The topological polar surface area (TPSA) is 52.6 Å². The maximum absolute atomic E-state index is 12.1. The number of carbonyl (C=O) groups excluding carboxylic acids is 2. The van der Waals surface area contributed by atoms with E-state index in [1.165, 1.54) is 11.8 Å². The van der Waals surface area contributed by atoms with Crippen LogP contribution in [-0.4, -0.2) is 38.0 Å². The molecule has 1 rings (SSSR count). The molecule has 0 spiro atoms. The average molecular weight is 333 g/mol. The van der Waals surface area contributed by atoms with Crippen LogP contribution in [0.3, 0.4) is 0 Å². The number of hydrogen-bond acceptors (Lipinski definition) is 3. The summed E-state index contributed by atoms with van der Waals surface area (Å²) in [5, 5.41) is 2.86. The van der Waals surface area contributed by atoms with Gasteiger partial charge in [0.2, 0.25) is 11.8 Å². The summed E-state index contributed by atoms with van der Waals surface area (Å²) < 4.78 is 0. The molecule has 0 radical (unpaired) electrons. The Labute approximate surface area is 146 Å². The van der Waals surface area contributed by atoms with Gasteiger partial charge < -0.3 is 15.1 Å². The van der Waals surface area contributed by atoms with Crippen LogP contribution in [0.1, 0.15) is 40.2 Å². The lowest BCUT2D eigenvalue weighted by Crippen LogP contribution is -2.41. The molecule has 0 saturated carbocycles. The summed E-state index contributed by atoms with van der Waals surface area (Å²) in [6.07, 6.45) is 0. The summed E-state index contributed by atoms with van der Waals surface area (Å²) in [6, 6.07) is 6.02. The molecule has 2 amide bonds. The Kier molecular flexibility index (Phi) is 7.75. The second-order valence-electron chi connectivity index (χ2n) is 6.45. The Hall–Kier alpha value is -2.04. The van der Waals surface area contributed by atoms with Gasteiger partial charge >= 0.3 is 0 Å². The molecule has 134 valence electrons. The van der Waals surface area contributed by atoms with Gasteiger partial charge in [0.15, 0.2) is 0 Å². The molecule has 0 aliphatic carbocycles. The molecule has 0 unspecified atom stereocenters. The van der Waals surface area contributed by atoms with Crippen LogP contribution in [0.25, 0.3) is 0 Å². The maximum Gasteiger partial charge on any atom is 0.240 e. The molecule has 5 heteroatoms. The Morgan fingerprint density at radius 1 is 1.17 bits per heavy atom. The number of nitrogens with one attached hydrogen (secondary N) is 1. The van der Waals surface area contributed by atoms with Crippen LogP contribution in [-0.2, 0) is 9.59 Å². The Bertz CT molecular complexity index is 566. The number of hydrogen-bond donors (Lipinski definition) is 1. The summed E-state index contributed by atoms with van der Waals surface area (Å²) in [5.74, 6) is 0.120. The van der Waals surface area contributed by atoms with Crippen LogP contribution in [0.2, 0.25) is 0 Å². The second-order valence-corrected chi connectivity index (χ2v) is 6.45. The quantitative estimate of drug-likeness (QED) is 0.796. The van der Waals surface area contributed by atoms with E-state index in [0.29, 0.717) is 12.5 Å². The Balaban J connectivity index is 2.96. The molecule has 24 heavy (non-hydrogen) atoms. The van der Waals surface area contributed by atoms with Crippen molar-refractivity contribution in [3.8, 4) is 0 Å². The fourth-order valence-corrected chi connectivity index (χ4v) is 2.61. The molecular weight excluding hydrogens is 302 g/mol. The van der Waals surface area contributed by atoms with Gasteiger partial charge in [-0.1, -0.05) is 13.8 Å². The van der Waals surface area contributed by atoms with Gasteiger partial charge in [0.25, 0.3) is 0 Å². The van der Waals surface area contributed by atoms with E-state index in [4.69, 9.17) is 0 Å². The molecular formula is C19H31N3O2. The molecule has 1 aromatic carbocycles.